The smallest absolute Gasteiger partial charge is 0.0217 e. The number of unbranched alkanes of at least 4 members (excludes halogenated alkanes) is 1. The van der Waals surface area contributed by atoms with E-state index in [0.717, 1.165) is 6.04 Å². The van der Waals surface area contributed by atoms with Crippen LogP contribution in [0.3, 0.4) is 0 Å². The quantitative estimate of drug-likeness (QED) is 0.766. The molecule has 1 atom stereocenters. The number of rotatable bonds is 4. The molecule has 2 heterocycles. The first-order chi connectivity index (χ1) is 7.26. The fourth-order valence-electron chi connectivity index (χ4n) is 2.98. The van der Waals surface area contributed by atoms with Crippen molar-refractivity contribution in [2.24, 2.45) is 0 Å². The highest BCUT2D eigenvalue weighted by atomic mass is 15.2. The van der Waals surface area contributed by atoms with Crippen molar-refractivity contribution >= 4 is 0 Å². The minimum atomic E-state index is 0.570. The van der Waals surface area contributed by atoms with Crippen molar-refractivity contribution in [2.45, 2.75) is 64.0 Å². The van der Waals surface area contributed by atoms with E-state index >= 15 is 0 Å². The maximum Gasteiger partial charge on any atom is 0.0217 e. The lowest BCUT2D eigenvalue weighted by Crippen LogP contribution is -2.62. The molecule has 2 heteroatoms. The maximum absolute atomic E-state index is 3.64. The maximum atomic E-state index is 3.64. The molecule has 1 spiro atoms. The number of hydrogen-bond acceptors (Lipinski definition) is 2. The molecule has 2 aliphatic heterocycles. The Labute approximate surface area is 94.4 Å². The van der Waals surface area contributed by atoms with Gasteiger partial charge in [-0.05, 0) is 39.2 Å². The monoisotopic (exact) mass is 210 g/mol. The summed E-state index contributed by atoms with van der Waals surface area (Å²) in [5.41, 5.74) is 0.570. The molecule has 2 rings (SSSR count). The van der Waals surface area contributed by atoms with Gasteiger partial charge in [0.05, 0.1) is 0 Å². The summed E-state index contributed by atoms with van der Waals surface area (Å²) in [5, 5.41) is 3.64. The molecular formula is C13H26N2. The molecular weight excluding hydrogens is 184 g/mol. The Morgan fingerprint density at radius 1 is 1.27 bits per heavy atom. The molecule has 2 saturated heterocycles. The van der Waals surface area contributed by atoms with Gasteiger partial charge in [-0.3, -0.25) is 0 Å². The molecule has 0 aromatic heterocycles. The van der Waals surface area contributed by atoms with Gasteiger partial charge in [0.2, 0.25) is 0 Å². The van der Waals surface area contributed by atoms with Crippen LogP contribution >= 0.6 is 0 Å². The standard InChI is InChI=1S/C13H26N2/c1-3-4-5-12(2)15-10-7-13(8-11-15)6-9-14-13/h12,14H,3-11H2,1-2H3. The molecule has 88 valence electrons. The number of likely N-dealkylation sites (tertiary alicyclic amines) is 1. The first-order valence-electron chi connectivity index (χ1n) is 6.75. The molecule has 2 aliphatic rings. The highest BCUT2D eigenvalue weighted by molar-refractivity contribution is 5.00. The summed E-state index contributed by atoms with van der Waals surface area (Å²) >= 11 is 0. The molecule has 1 N–H and O–H groups in total. The SMILES string of the molecule is CCCCC(C)N1CCC2(CCN2)CC1. The fourth-order valence-corrected chi connectivity index (χ4v) is 2.98. The average molecular weight is 210 g/mol. The van der Waals surface area contributed by atoms with Crippen LogP contribution in [0.4, 0.5) is 0 Å². The minimum absolute atomic E-state index is 0.570. The second-order valence-electron chi connectivity index (χ2n) is 5.48. The topological polar surface area (TPSA) is 15.3 Å². The molecule has 0 aromatic carbocycles. The zero-order valence-corrected chi connectivity index (χ0v) is 10.4. The number of nitrogens with one attached hydrogen (secondary N) is 1. The molecule has 2 nitrogen and oxygen atoms in total. The van der Waals surface area contributed by atoms with E-state index in [1.807, 2.05) is 0 Å². The van der Waals surface area contributed by atoms with Crippen molar-refractivity contribution in [3.05, 3.63) is 0 Å². The van der Waals surface area contributed by atoms with E-state index in [4.69, 9.17) is 0 Å². The van der Waals surface area contributed by atoms with E-state index < -0.39 is 0 Å². The van der Waals surface area contributed by atoms with E-state index in [1.165, 1.54) is 58.2 Å². The average Bonchev–Trinajstić information content (AvgIpc) is 2.24. The summed E-state index contributed by atoms with van der Waals surface area (Å²) in [5.74, 6) is 0. The first kappa shape index (κ1) is 11.4. The summed E-state index contributed by atoms with van der Waals surface area (Å²) in [6.45, 7) is 8.58. The Hall–Kier alpha value is -0.0800. The lowest BCUT2D eigenvalue weighted by molar-refractivity contribution is 0.0620. The Morgan fingerprint density at radius 2 is 1.93 bits per heavy atom. The molecule has 0 aliphatic carbocycles. The van der Waals surface area contributed by atoms with Crippen molar-refractivity contribution in [2.75, 3.05) is 19.6 Å². The van der Waals surface area contributed by atoms with Crippen LogP contribution in [0.25, 0.3) is 0 Å². The van der Waals surface area contributed by atoms with E-state index in [-0.39, 0.29) is 0 Å². The lowest BCUT2D eigenvalue weighted by Gasteiger charge is -2.50. The van der Waals surface area contributed by atoms with Crippen LogP contribution in [0.2, 0.25) is 0 Å². The van der Waals surface area contributed by atoms with Crippen molar-refractivity contribution in [3.63, 3.8) is 0 Å². The third-order valence-electron chi connectivity index (χ3n) is 4.46. The predicted octanol–water partition coefficient (Wildman–Crippen LogP) is 2.39. The summed E-state index contributed by atoms with van der Waals surface area (Å²) in [4.78, 5) is 2.70. The van der Waals surface area contributed by atoms with E-state index in [9.17, 15) is 0 Å². The number of hydrogen-bond donors (Lipinski definition) is 1. The van der Waals surface area contributed by atoms with Crippen LogP contribution in [-0.4, -0.2) is 36.1 Å². The Balaban J connectivity index is 1.72. The second kappa shape index (κ2) is 4.84. The van der Waals surface area contributed by atoms with Crippen molar-refractivity contribution in [3.8, 4) is 0 Å². The fraction of sp³-hybridized carbons (Fsp3) is 1.00. The highest BCUT2D eigenvalue weighted by Crippen LogP contribution is 2.31. The Morgan fingerprint density at radius 3 is 2.40 bits per heavy atom. The normalized spacial score (nSPS) is 27.6. The molecule has 1 unspecified atom stereocenters. The molecule has 2 fully saturated rings. The van der Waals surface area contributed by atoms with Crippen LogP contribution in [0, 0.1) is 0 Å². The zero-order valence-electron chi connectivity index (χ0n) is 10.4. The Kier molecular flexibility index (Phi) is 3.68. The van der Waals surface area contributed by atoms with Gasteiger partial charge < -0.3 is 10.2 Å². The second-order valence-corrected chi connectivity index (χ2v) is 5.48. The lowest BCUT2D eigenvalue weighted by atomic mass is 9.78. The molecule has 15 heavy (non-hydrogen) atoms. The van der Waals surface area contributed by atoms with E-state index in [1.54, 1.807) is 0 Å². The van der Waals surface area contributed by atoms with Crippen molar-refractivity contribution in [1.82, 2.24) is 10.2 Å². The molecule has 0 saturated carbocycles. The van der Waals surface area contributed by atoms with Crippen LogP contribution < -0.4 is 5.32 Å². The van der Waals surface area contributed by atoms with Gasteiger partial charge in [0, 0.05) is 24.7 Å². The van der Waals surface area contributed by atoms with Crippen LogP contribution in [0.15, 0.2) is 0 Å². The zero-order chi connectivity index (χ0) is 10.7. The molecule has 0 radical (unpaired) electrons. The van der Waals surface area contributed by atoms with Crippen LogP contribution in [0.5, 0.6) is 0 Å². The highest BCUT2D eigenvalue weighted by Gasteiger charge is 2.39. The van der Waals surface area contributed by atoms with Crippen molar-refractivity contribution in [1.29, 1.82) is 0 Å². The van der Waals surface area contributed by atoms with Crippen LogP contribution in [0.1, 0.15) is 52.4 Å². The number of nitrogens with zero attached hydrogens (tertiary/aromatic N) is 1. The van der Waals surface area contributed by atoms with Gasteiger partial charge >= 0.3 is 0 Å². The van der Waals surface area contributed by atoms with Crippen LogP contribution in [-0.2, 0) is 0 Å². The van der Waals surface area contributed by atoms with Gasteiger partial charge in [0.15, 0.2) is 0 Å². The summed E-state index contributed by atoms with van der Waals surface area (Å²) in [6, 6.07) is 0.808. The summed E-state index contributed by atoms with van der Waals surface area (Å²) < 4.78 is 0. The molecule has 0 aromatic rings. The largest absolute Gasteiger partial charge is 0.311 e. The van der Waals surface area contributed by atoms with Gasteiger partial charge in [-0.15, -0.1) is 0 Å². The Bertz CT molecular complexity index is 189. The van der Waals surface area contributed by atoms with Gasteiger partial charge in [0.25, 0.3) is 0 Å². The molecule has 0 bridgehead atoms. The number of piperidine rings is 1. The van der Waals surface area contributed by atoms with Gasteiger partial charge in [-0.1, -0.05) is 19.8 Å². The third-order valence-corrected chi connectivity index (χ3v) is 4.46. The van der Waals surface area contributed by atoms with Gasteiger partial charge in [0.1, 0.15) is 0 Å². The predicted molar refractivity (Wildman–Crippen MR) is 65.1 cm³/mol. The summed E-state index contributed by atoms with van der Waals surface area (Å²) in [6.07, 6.45) is 8.29. The van der Waals surface area contributed by atoms with Gasteiger partial charge in [-0.25, -0.2) is 0 Å². The molecule has 0 amide bonds. The minimum Gasteiger partial charge on any atom is -0.311 e. The van der Waals surface area contributed by atoms with Gasteiger partial charge in [-0.2, -0.15) is 0 Å². The van der Waals surface area contributed by atoms with Crippen molar-refractivity contribution < 1.29 is 0 Å². The third kappa shape index (κ3) is 2.54. The summed E-state index contributed by atoms with van der Waals surface area (Å²) in [7, 11) is 0. The van der Waals surface area contributed by atoms with E-state index in [0.29, 0.717) is 5.54 Å². The van der Waals surface area contributed by atoms with E-state index in [2.05, 4.69) is 24.1 Å². The first-order valence-corrected chi connectivity index (χ1v) is 6.75.